The molecule has 1 N–H and O–H groups in total. The third-order valence-electron chi connectivity index (χ3n) is 3.86. The van der Waals surface area contributed by atoms with Crippen LogP contribution in [0.1, 0.15) is 18.1 Å². The zero-order valence-electron chi connectivity index (χ0n) is 15.5. The maximum Gasteiger partial charge on any atom is 0.241 e. The standard InChI is InChI=1S/C19H23ClN2O4S/c1-4-26-18-8-6-5-7-15(18)12-21-19(23)13-22(27(3,24)25)17-10-9-16(20)11-14(17)2/h5-11H,4,12-13H2,1-3H3,(H,21,23). The van der Waals surface area contributed by atoms with Crippen LogP contribution in [0.2, 0.25) is 5.02 Å². The summed E-state index contributed by atoms with van der Waals surface area (Å²) in [5.41, 5.74) is 1.91. The van der Waals surface area contributed by atoms with E-state index in [0.29, 0.717) is 28.6 Å². The van der Waals surface area contributed by atoms with Crippen molar-refractivity contribution in [2.45, 2.75) is 20.4 Å². The Hall–Kier alpha value is -2.25. The SMILES string of the molecule is CCOc1ccccc1CNC(=O)CN(c1ccc(Cl)cc1C)S(C)(=O)=O. The summed E-state index contributed by atoms with van der Waals surface area (Å²) in [5.74, 6) is 0.273. The van der Waals surface area contributed by atoms with Crippen molar-refractivity contribution in [3.05, 3.63) is 58.6 Å². The lowest BCUT2D eigenvalue weighted by atomic mass is 10.2. The molecular formula is C19H23ClN2O4S. The number of hydrogen-bond acceptors (Lipinski definition) is 4. The predicted octanol–water partition coefficient (Wildman–Crippen LogP) is 3.13. The highest BCUT2D eigenvalue weighted by Gasteiger charge is 2.22. The van der Waals surface area contributed by atoms with E-state index in [1.54, 1.807) is 25.1 Å². The monoisotopic (exact) mass is 410 g/mol. The molecule has 8 heteroatoms. The molecule has 0 spiro atoms. The van der Waals surface area contributed by atoms with Crippen LogP contribution in [-0.2, 0) is 21.4 Å². The molecule has 0 fully saturated rings. The van der Waals surface area contributed by atoms with Gasteiger partial charge in [0.25, 0.3) is 0 Å². The number of halogens is 1. The van der Waals surface area contributed by atoms with E-state index in [1.807, 2.05) is 31.2 Å². The van der Waals surface area contributed by atoms with Gasteiger partial charge in [0, 0.05) is 17.1 Å². The third-order valence-corrected chi connectivity index (χ3v) is 5.23. The van der Waals surface area contributed by atoms with Crippen molar-refractivity contribution in [2.24, 2.45) is 0 Å². The number of benzene rings is 2. The van der Waals surface area contributed by atoms with Gasteiger partial charge in [-0.15, -0.1) is 0 Å². The number of anilines is 1. The van der Waals surface area contributed by atoms with Crippen molar-refractivity contribution in [1.29, 1.82) is 0 Å². The number of sulfonamides is 1. The van der Waals surface area contributed by atoms with Crippen LogP contribution >= 0.6 is 11.6 Å². The largest absolute Gasteiger partial charge is 0.494 e. The van der Waals surface area contributed by atoms with Gasteiger partial charge in [0.1, 0.15) is 12.3 Å². The Morgan fingerprint density at radius 3 is 2.56 bits per heavy atom. The maximum atomic E-state index is 12.4. The Labute approximate surface area is 165 Å². The van der Waals surface area contributed by atoms with Crippen molar-refractivity contribution < 1.29 is 17.9 Å². The lowest BCUT2D eigenvalue weighted by Crippen LogP contribution is -2.40. The molecule has 0 atom stereocenters. The first-order valence-corrected chi connectivity index (χ1v) is 10.7. The molecule has 6 nitrogen and oxygen atoms in total. The molecule has 2 rings (SSSR count). The molecule has 0 aliphatic heterocycles. The van der Waals surface area contributed by atoms with Crippen LogP contribution in [0.25, 0.3) is 0 Å². The highest BCUT2D eigenvalue weighted by Crippen LogP contribution is 2.25. The molecular weight excluding hydrogens is 388 g/mol. The zero-order chi connectivity index (χ0) is 20.0. The summed E-state index contributed by atoms with van der Waals surface area (Å²) in [7, 11) is -3.64. The van der Waals surface area contributed by atoms with Gasteiger partial charge in [0.15, 0.2) is 0 Å². The molecule has 146 valence electrons. The molecule has 0 unspecified atom stereocenters. The van der Waals surface area contributed by atoms with Crippen molar-refractivity contribution in [2.75, 3.05) is 23.7 Å². The second-order valence-corrected chi connectivity index (χ2v) is 8.36. The zero-order valence-corrected chi connectivity index (χ0v) is 17.1. The number of carbonyl (C=O) groups is 1. The molecule has 0 bridgehead atoms. The highest BCUT2D eigenvalue weighted by molar-refractivity contribution is 7.92. The van der Waals surface area contributed by atoms with Crippen LogP contribution in [0.3, 0.4) is 0 Å². The van der Waals surface area contributed by atoms with Crippen LogP contribution in [-0.4, -0.2) is 33.7 Å². The summed E-state index contributed by atoms with van der Waals surface area (Å²) in [6.07, 6.45) is 1.07. The van der Waals surface area contributed by atoms with Crippen LogP contribution in [0.5, 0.6) is 5.75 Å². The number of nitrogens with one attached hydrogen (secondary N) is 1. The average molecular weight is 411 g/mol. The van der Waals surface area contributed by atoms with E-state index in [2.05, 4.69) is 5.32 Å². The van der Waals surface area contributed by atoms with Crippen LogP contribution in [0.4, 0.5) is 5.69 Å². The molecule has 27 heavy (non-hydrogen) atoms. The van der Waals surface area contributed by atoms with Gasteiger partial charge in [-0.05, 0) is 43.7 Å². The number of carbonyl (C=O) groups excluding carboxylic acids is 1. The van der Waals surface area contributed by atoms with E-state index in [1.165, 1.54) is 0 Å². The Bertz CT molecular complexity index is 916. The van der Waals surface area contributed by atoms with Gasteiger partial charge in [-0.1, -0.05) is 29.8 Å². The van der Waals surface area contributed by atoms with Gasteiger partial charge >= 0.3 is 0 Å². The molecule has 0 radical (unpaired) electrons. The smallest absolute Gasteiger partial charge is 0.241 e. The Kier molecular flexibility index (Phi) is 7.10. The number of para-hydroxylation sites is 1. The summed E-state index contributed by atoms with van der Waals surface area (Å²) in [4.78, 5) is 12.4. The number of hydrogen-bond donors (Lipinski definition) is 1. The predicted molar refractivity (Wildman–Crippen MR) is 108 cm³/mol. The normalized spacial score (nSPS) is 11.1. The minimum Gasteiger partial charge on any atom is -0.494 e. The Morgan fingerprint density at radius 1 is 1.22 bits per heavy atom. The molecule has 2 aromatic carbocycles. The topological polar surface area (TPSA) is 75.7 Å². The summed E-state index contributed by atoms with van der Waals surface area (Å²) >= 11 is 5.94. The van der Waals surface area contributed by atoms with Crippen LogP contribution in [0.15, 0.2) is 42.5 Å². The van der Waals surface area contributed by atoms with Crippen molar-refractivity contribution >= 4 is 33.2 Å². The lowest BCUT2D eigenvalue weighted by Gasteiger charge is -2.24. The summed E-state index contributed by atoms with van der Waals surface area (Å²) in [5, 5.41) is 3.25. The molecule has 0 saturated heterocycles. The molecule has 0 saturated carbocycles. The number of rotatable bonds is 8. The first-order chi connectivity index (χ1) is 12.7. The van der Waals surface area contributed by atoms with Crippen molar-refractivity contribution in [3.8, 4) is 5.75 Å². The first-order valence-electron chi connectivity index (χ1n) is 8.43. The minimum absolute atomic E-state index is 0.242. The number of nitrogens with zero attached hydrogens (tertiary/aromatic N) is 1. The van der Waals surface area contributed by atoms with Crippen LogP contribution < -0.4 is 14.4 Å². The van der Waals surface area contributed by atoms with E-state index in [0.717, 1.165) is 16.1 Å². The van der Waals surface area contributed by atoms with Crippen molar-refractivity contribution in [3.63, 3.8) is 0 Å². The van der Waals surface area contributed by atoms with Gasteiger partial charge in [-0.3, -0.25) is 9.10 Å². The van der Waals surface area contributed by atoms with E-state index in [4.69, 9.17) is 16.3 Å². The fourth-order valence-electron chi connectivity index (χ4n) is 2.61. The van der Waals surface area contributed by atoms with Gasteiger partial charge in [0.05, 0.1) is 18.6 Å². The average Bonchev–Trinajstić information content (AvgIpc) is 2.59. The number of ether oxygens (including phenoxy) is 1. The van der Waals surface area contributed by atoms with Gasteiger partial charge in [0.2, 0.25) is 15.9 Å². The van der Waals surface area contributed by atoms with Crippen molar-refractivity contribution in [1.82, 2.24) is 5.32 Å². The number of amides is 1. The van der Waals surface area contributed by atoms with Gasteiger partial charge in [-0.2, -0.15) is 0 Å². The maximum absolute atomic E-state index is 12.4. The number of aryl methyl sites for hydroxylation is 1. The second-order valence-electron chi connectivity index (χ2n) is 6.02. The highest BCUT2D eigenvalue weighted by atomic mass is 35.5. The Balaban J connectivity index is 2.13. The van der Waals surface area contributed by atoms with E-state index >= 15 is 0 Å². The molecule has 0 aliphatic rings. The minimum atomic E-state index is -3.64. The fraction of sp³-hybridized carbons (Fsp3) is 0.316. The second kappa shape index (κ2) is 9.10. The molecule has 2 aromatic rings. The molecule has 0 heterocycles. The van der Waals surface area contributed by atoms with E-state index in [9.17, 15) is 13.2 Å². The van der Waals surface area contributed by atoms with Gasteiger partial charge in [-0.25, -0.2) is 8.42 Å². The summed E-state index contributed by atoms with van der Waals surface area (Å²) in [6, 6.07) is 12.2. The van der Waals surface area contributed by atoms with Crippen LogP contribution in [0, 0.1) is 6.92 Å². The quantitative estimate of drug-likeness (QED) is 0.725. The fourth-order valence-corrected chi connectivity index (χ4v) is 3.75. The third kappa shape index (κ3) is 5.87. The van der Waals surface area contributed by atoms with Gasteiger partial charge < -0.3 is 10.1 Å². The lowest BCUT2D eigenvalue weighted by molar-refractivity contribution is -0.119. The van der Waals surface area contributed by atoms with E-state index < -0.39 is 15.9 Å². The summed E-state index contributed by atoms with van der Waals surface area (Å²) < 4.78 is 31.0. The Morgan fingerprint density at radius 2 is 1.93 bits per heavy atom. The molecule has 0 aliphatic carbocycles. The van der Waals surface area contributed by atoms with E-state index in [-0.39, 0.29) is 13.1 Å². The molecule has 0 aromatic heterocycles. The molecule has 1 amide bonds. The summed E-state index contributed by atoms with van der Waals surface area (Å²) in [6.45, 7) is 4.07. The first kappa shape index (κ1) is 21.1.